The van der Waals surface area contributed by atoms with Crippen molar-refractivity contribution in [2.24, 2.45) is 0 Å². The summed E-state index contributed by atoms with van der Waals surface area (Å²) in [6.07, 6.45) is 0. The van der Waals surface area contributed by atoms with Gasteiger partial charge in [-0.2, -0.15) is 0 Å². The molecule has 0 fully saturated rings. The van der Waals surface area contributed by atoms with Crippen LogP contribution in [0, 0.1) is 19.7 Å². The van der Waals surface area contributed by atoms with E-state index in [0.717, 1.165) is 0 Å². The van der Waals surface area contributed by atoms with Gasteiger partial charge in [-0.25, -0.2) is 18.9 Å². The zero-order valence-corrected chi connectivity index (χ0v) is 9.31. The topological polar surface area (TPSA) is 68.0 Å². The van der Waals surface area contributed by atoms with Crippen molar-refractivity contribution in [1.29, 1.82) is 0 Å². The Bertz CT molecular complexity index is 592. The highest BCUT2D eigenvalue weighted by atomic mass is 19.1. The van der Waals surface area contributed by atoms with Crippen LogP contribution in [0.1, 0.15) is 22.0 Å². The van der Waals surface area contributed by atoms with Gasteiger partial charge >= 0.3 is 5.97 Å². The molecule has 0 aliphatic heterocycles. The van der Waals surface area contributed by atoms with E-state index >= 15 is 0 Å². The molecule has 2 aromatic rings. The molecule has 0 spiro atoms. The average Bonchev–Trinajstić information content (AvgIpc) is 2.61. The van der Waals surface area contributed by atoms with Gasteiger partial charge < -0.3 is 5.11 Å². The van der Waals surface area contributed by atoms with Gasteiger partial charge in [0, 0.05) is 0 Å². The van der Waals surface area contributed by atoms with Crippen molar-refractivity contribution in [1.82, 2.24) is 14.8 Å². The molecule has 88 valence electrons. The number of hydrogen-bond donors (Lipinski definition) is 1. The van der Waals surface area contributed by atoms with Crippen molar-refractivity contribution in [2.75, 3.05) is 0 Å². The van der Waals surface area contributed by atoms with Crippen LogP contribution in [0.2, 0.25) is 0 Å². The highest BCUT2D eigenvalue weighted by molar-refractivity contribution is 5.83. The van der Waals surface area contributed by atoms with Crippen molar-refractivity contribution < 1.29 is 14.3 Å². The predicted molar refractivity (Wildman–Crippen MR) is 57.8 cm³/mol. The lowest BCUT2D eigenvalue weighted by atomic mass is 10.2. The van der Waals surface area contributed by atoms with Gasteiger partial charge in [-0.05, 0) is 37.6 Å². The number of aromatic nitrogens is 3. The smallest absolute Gasteiger partial charge is 0.375 e. The summed E-state index contributed by atoms with van der Waals surface area (Å²) in [7, 11) is 0. The number of carboxylic acid groups (broad SMARTS) is 1. The average molecular weight is 235 g/mol. The van der Waals surface area contributed by atoms with E-state index in [1.807, 2.05) is 0 Å². The van der Waals surface area contributed by atoms with Crippen LogP contribution in [0.3, 0.4) is 0 Å². The Morgan fingerprint density at radius 2 is 2.12 bits per heavy atom. The zero-order chi connectivity index (χ0) is 12.6. The summed E-state index contributed by atoms with van der Waals surface area (Å²) in [6, 6.07) is 4.19. The summed E-state index contributed by atoms with van der Waals surface area (Å²) in [5, 5.41) is 12.6. The fourth-order valence-electron chi connectivity index (χ4n) is 1.57. The molecule has 1 N–H and O–H groups in total. The number of aromatic carboxylic acids is 1. The van der Waals surface area contributed by atoms with Gasteiger partial charge in [-0.3, -0.25) is 0 Å². The van der Waals surface area contributed by atoms with Crippen LogP contribution >= 0.6 is 0 Å². The molecule has 0 bridgehead atoms. The molecule has 0 aliphatic rings. The number of carboxylic acids is 1. The van der Waals surface area contributed by atoms with Gasteiger partial charge in [0.25, 0.3) is 5.82 Å². The second-order valence-corrected chi connectivity index (χ2v) is 3.63. The molecule has 0 radical (unpaired) electrons. The molecular weight excluding hydrogens is 225 g/mol. The molecule has 5 nitrogen and oxygen atoms in total. The molecule has 1 aromatic carbocycles. The molecule has 2 rings (SSSR count). The first-order valence-electron chi connectivity index (χ1n) is 4.92. The molecule has 0 saturated heterocycles. The minimum Gasteiger partial charge on any atom is -0.475 e. The highest BCUT2D eigenvalue weighted by Crippen LogP contribution is 2.16. The summed E-state index contributed by atoms with van der Waals surface area (Å²) in [5.41, 5.74) is 1.28. The van der Waals surface area contributed by atoms with Crippen molar-refractivity contribution in [3.05, 3.63) is 41.2 Å². The molecule has 1 heterocycles. The lowest BCUT2D eigenvalue weighted by Crippen LogP contribution is -2.04. The Morgan fingerprint density at radius 3 is 2.65 bits per heavy atom. The van der Waals surface area contributed by atoms with Crippen LogP contribution in [0.25, 0.3) is 5.69 Å². The summed E-state index contributed by atoms with van der Waals surface area (Å²) < 4.78 is 14.3. The second-order valence-electron chi connectivity index (χ2n) is 3.63. The van der Waals surface area contributed by atoms with Crippen molar-refractivity contribution in [3.63, 3.8) is 0 Å². The third kappa shape index (κ3) is 2.01. The summed E-state index contributed by atoms with van der Waals surface area (Å²) in [4.78, 5) is 14.5. The standard InChI is InChI=1S/C11H10FN3O2/c1-6-5-8(12)3-4-9(6)15-7(2)13-10(14-15)11(16)17/h3-5H,1-2H3,(H,16,17). The molecule has 6 heteroatoms. The van der Waals surface area contributed by atoms with Crippen molar-refractivity contribution in [2.45, 2.75) is 13.8 Å². The molecular formula is C11H10FN3O2. The Hall–Kier alpha value is -2.24. The number of carbonyl (C=O) groups is 1. The van der Waals surface area contributed by atoms with Crippen LogP contribution in [0.4, 0.5) is 4.39 Å². The van der Waals surface area contributed by atoms with E-state index in [4.69, 9.17) is 5.11 Å². The van der Waals surface area contributed by atoms with Gasteiger partial charge in [-0.1, -0.05) is 0 Å². The van der Waals surface area contributed by atoms with E-state index in [2.05, 4.69) is 10.1 Å². The third-order valence-corrected chi connectivity index (χ3v) is 2.35. The summed E-state index contributed by atoms with van der Waals surface area (Å²) >= 11 is 0. The number of hydrogen-bond acceptors (Lipinski definition) is 3. The summed E-state index contributed by atoms with van der Waals surface area (Å²) in [5.74, 6) is -1.36. The van der Waals surface area contributed by atoms with E-state index in [9.17, 15) is 9.18 Å². The SMILES string of the molecule is Cc1cc(F)ccc1-n1nc(C(=O)O)nc1C. The van der Waals surface area contributed by atoms with Crippen LogP contribution in [0.15, 0.2) is 18.2 Å². The minimum absolute atomic E-state index is 0.272. The first kappa shape index (κ1) is 11.3. The summed E-state index contributed by atoms with van der Waals surface area (Å²) in [6.45, 7) is 3.36. The quantitative estimate of drug-likeness (QED) is 0.860. The van der Waals surface area contributed by atoms with Crippen molar-refractivity contribution in [3.8, 4) is 5.69 Å². The van der Waals surface area contributed by atoms with Crippen molar-refractivity contribution >= 4 is 5.97 Å². The third-order valence-electron chi connectivity index (χ3n) is 2.35. The molecule has 17 heavy (non-hydrogen) atoms. The van der Waals surface area contributed by atoms with E-state index in [1.165, 1.54) is 22.9 Å². The van der Waals surface area contributed by atoms with Crippen LogP contribution in [-0.4, -0.2) is 25.8 Å². The number of aryl methyl sites for hydroxylation is 2. The maximum atomic E-state index is 13.0. The first-order chi connectivity index (χ1) is 7.99. The van der Waals surface area contributed by atoms with Crippen LogP contribution in [-0.2, 0) is 0 Å². The Labute approximate surface area is 96.5 Å². The lowest BCUT2D eigenvalue weighted by Gasteiger charge is -2.06. The van der Waals surface area contributed by atoms with E-state index in [-0.39, 0.29) is 11.6 Å². The second kappa shape index (κ2) is 3.97. The van der Waals surface area contributed by atoms with Crippen LogP contribution < -0.4 is 0 Å². The first-order valence-corrected chi connectivity index (χ1v) is 4.92. The maximum absolute atomic E-state index is 13.0. The number of halogens is 1. The molecule has 0 unspecified atom stereocenters. The van der Waals surface area contributed by atoms with Crippen LogP contribution in [0.5, 0.6) is 0 Å². The minimum atomic E-state index is -1.19. The number of benzene rings is 1. The Morgan fingerprint density at radius 1 is 1.41 bits per heavy atom. The zero-order valence-electron chi connectivity index (χ0n) is 9.31. The van der Waals surface area contributed by atoms with Gasteiger partial charge in [0.15, 0.2) is 0 Å². The van der Waals surface area contributed by atoms with Gasteiger partial charge in [0.2, 0.25) is 0 Å². The largest absolute Gasteiger partial charge is 0.475 e. The highest BCUT2D eigenvalue weighted by Gasteiger charge is 2.14. The number of nitrogens with zero attached hydrogens (tertiary/aromatic N) is 3. The Kier molecular flexibility index (Phi) is 2.63. The molecule has 1 aromatic heterocycles. The van der Waals surface area contributed by atoms with E-state index < -0.39 is 5.97 Å². The molecule has 0 atom stereocenters. The lowest BCUT2D eigenvalue weighted by molar-refractivity contribution is 0.0683. The number of rotatable bonds is 2. The predicted octanol–water partition coefficient (Wildman–Crippen LogP) is 1.72. The van der Waals surface area contributed by atoms with Gasteiger partial charge in [0.1, 0.15) is 11.6 Å². The fraction of sp³-hybridized carbons (Fsp3) is 0.182. The van der Waals surface area contributed by atoms with Gasteiger partial charge in [0.05, 0.1) is 5.69 Å². The molecule has 0 aliphatic carbocycles. The van der Waals surface area contributed by atoms with Gasteiger partial charge in [-0.15, -0.1) is 5.10 Å². The maximum Gasteiger partial charge on any atom is 0.375 e. The normalized spacial score (nSPS) is 10.5. The fourth-order valence-corrected chi connectivity index (χ4v) is 1.57. The van der Waals surface area contributed by atoms with E-state index in [0.29, 0.717) is 17.1 Å². The van der Waals surface area contributed by atoms with E-state index in [1.54, 1.807) is 13.8 Å². The molecule has 0 amide bonds. The monoisotopic (exact) mass is 235 g/mol. The molecule has 0 saturated carbocycles. The Balaban J connectivity index is 2.56.